The molecule has 1 aromatic carbocycles. The van der Waals surface area contributed by atoms with Crippen LogP contribution in [0.25, 0.3) is 0 Å². The van der Waals surface area contributed by atoms with Crippen LogP contribution in [0.4, 0.5) is 4.39 Å². The number of nitrogens with two attached hydrogens (primary N) is 1. The SMILES string of the molecule is COc1ccc(F)cc1CN1CCCCC1CN. The van der Waals surface area contributed by atoms with Crippen LogP contribution in [0.15, 0.2) is 18.2 Å². The third-order valence-corrected chi connectivity index (χ3v) is 3.64. The number of nitrogens with zero attached hydrogens (tertiary/aromatic N) is 1. The summed E-state index contributed by atoms with van der Waals surface area (Å²) in [5.41, 5.74) is 6.70. The van der Waals surface area contributed by atoms with E-state index in [0.29, 0.717) is 19.1 Å². The highest BCUT2D eigenvalue weighted by atomic mass is 19.1. The zero-order chi connectivity index (χ0) is 13.0. The van der Waals surface area contributed by atoms with E-state index in [1.54, 1.807) is 19.2 Å². The van der Waals surface area contributed by atoms with Crippen molar-refractivity contribution in [1.29, 1.82) is 0 Å². The number of likely N-dealkylation sites (tertiary alicyclic amines) is 1. The van der Waals surface area contributed by atoms with Crippen LogP contribution in [-0.4, -0.2) is 31.1 Å². The third-order valence-electron chi connectivity index (χ3n) is 3.64. The van der Waals surface area contributed by atoms with E-state index in [4.69, 9.17) is 10.5 Å². The zero-order valence-corrected chi connectivity index (χ0v) is 10.9. The van der Waals surface area contributed by atoms with Gasteiger partial charge in [-0.3, -0.25) is 4.90 Å². The maximum Gasteiger partial charge on any atom is 0.123 e. The predicted molar refractivity (Wildman–Crippen MR) is 70.1 cm³/mol. The monoisotopic (exact) mass is 252 g/mol. The van der Waals surface area contributed by atoms with Gasteiger partial charge in [0.05, 0.1) is 7.11 Å². The Morgan fingerprint density at radius 2 is 2.28 bits per heavy atom. The summed E-state index contributed by atoms with van der Waals surface area (Å²) in [5.74, 6) is 0.532. The minimum Gasteiger partial charge on any atom is -0.496 e. The third kappa shape index (κ3) is 3.00. The summed E-state index contributed by atoms with van der Waals surface area (Å²) < 4.78 is 18.6. The van der Waals surface area contributed by atoms with Gasteiger partial charge in [0, 0.05) is 24.7 Å². The van der Waals surface area contributed by atoms with Crippen molar-refractivity contribution in [2.24, 2.45) is 5.73 Å². The Hall–Kier alpha value is -1.13. The average molecular weight is 252 g/mol. The van der Waals surface area contributed by atoms with Gasteiger partial charge in [0.1, 0.15) is 11.6 Å². The Labute approximate surface area is 108 Å². The molecule has 1 atom stereocenters. The van der Waals surface area contributed by atoms with Gasteiger partial charge in [0.15, 0.2) is 0 Å². The summed E-state index contributed by atoms with van der Waals surface area (Å²) in [6.07, 6.45) is 3.56. The normalized spacial score (nSPS) is 20.9. The molecule has 1 aliphatic heterocycles. The molecule has 18 heavy (non-hydrogen) atoms. The van der Waals surface area contributed by atoms with Gasteiger partial charge in [0.2, 0.25) is 0 Å². The minimum absolute atomic E-state index is 0.216. The first-order valence-corrected chi connectivity index (χ1v) is 6.51. The first-order valence-electron chi connectivity index (χ1n) is 6.51. The van der Waals surface area contributed by atoms with Crippen LogP contribution in [0, 0.1) is 5.82 Å². The van der Waals surface area contributed by atoms with Crippen molar-refractivity contribution >= 4 is 0 Å². The molecule has 1 unspecified atom stereocenters. The molecule has 0 aromatic heterocycles. The van der Waals surface area contributed by atoms with Gasteiger partial charge in [-0.15, -0.1) is 0 Å². The molecule has 1 aromatic rings. The zero-order valence-electron chi connectivity index (χ0n) is 10.9. The fraction of sp³-hybridized carbons (Fsp3) is 0.571. The number of halogens is 1. The molecule has 0 spiro atoms. The maximum atomic E-state index is 13.3. The summed E-state index contributed by atoms with van der Waals surface area (Å²) in [5, 5.41) is 0. The number of piperidine rings is 1. The van der Waals surface area contributed by atoms with Gasteiger partial charge in [-0.1, -0.05) is 6.42 Å². The number of benzene rings is 1. The van der Waals surface area contributed by atoms with Crippen LogP contribution in [0.3, 0.4) is 0 Å². The molecule has 1 fully saturated rings. The smallest absolute Gasteiger partial charge is 0.123 e. The molecule has 0 amide bonds. The molecule has 0 aliphatic carbocycles. The Morgan fingerprint density at radius 3 is 3.00 bits per heavy atom. The fourth-order valence-corrected chi connectivity index (χ4v) is 2.62. The number of hydrogen-bond donors (Lipinski definition) is 1. The van der Waals surface area contributed by atoms with E-state index in [-0.39, 0.29) is 5.82 Å². The van der Waals surface area contributed by atoms with Crippen molar-refractivity contribution < 1.29 is 9.13 Å². The number of methoxy groups -OCH3 is 1. The molecular formula is C14H21FN2O. The van der Waals surface area contributed by atoms with Gasteiger partial charge in [0.25, 0.3) is 0 Å². The number of rotatable bonds is 4. The van der Waals surface area contributed by atoms with Crippen LogP contribution < -0.4 is 10.5 Å². The lowest BCUT2D eigenvalue weighted by Crippen LogP contribution is -2.43. The summed E-state index contributed by atoms with van der Waals surface area (Å²) in [7, 11) is 1.62. The van der Waals surface area contributed by atoms with Crippen LogP contribution in [0.2, 0.25) is 0 Å². The molecule has 0 bridgehead atoms. The molecule has 1 aliphatic rings. The van der Waals surface area contributed by atoms with Gasteiger partial charge < -0.3 is 10.5 Å². The van der Waals surface area contributed by atoms with Crippen LogP contribution in [0.1, 0.15) is 24.8 Å². The molecule has 100 valence electrons. The van der Waals surface area contributed by atoms with E-state index in [0.717, 1.165) is 24.3 Å². The Morgan fingerprint density at radius 1 is 1.44 bits per heavy atom. The van der Waals surface area contributed by atoms with Gasteiger partial charge in [-0.2, -0.15) is 0 Å². The number of hydrogen-bond acceptors (Lipinski definition) is 3. The van der Waals surface area contributed by atoms with Crippen molar-refractivity contribution in [2.75, 3.05) is 20.2 Å². The molecule has 2 N–H and O–H groups in total. The average Bonchev–Trinajstić information content (AvgIpc) is 2.40. The van der Waals surface area contributed by atoms with Crippen LogP contribution >= 0.6 is 0 Å². The summed E-state index contributed by atoms with van der Waals surface area (Å²) in [6, 6.07) is 5.08. The molecule has 3 nitrogen and oxygen atoms in total. The highest BCUT2D eigenvalue weighted by Crippen LogP contribution is 2.24. The van der Waals surface area contributed by atoms with Crippen molar-refractivity contribution in [3.8, 4) is 5.75 Å². The largest absolute Gasteiger partial charge is 0.496 e. The van der Waals surface area contributed by atoms with Crippen molar-refractivity contribution in [3.05, 3.63) is 29.6 Å². The van der Waals surface area contributed by atoms with Crippen molar-refractivity contribution in [1.82, 2.24) is 4.90 Å². The molecule has 4 heteroatoms. The van der Waals surface area contributed by atoms with Crippen LogP contribution in [-0.2, 0) is 6.54 Å². The van der Waals surface area contributed by atoms with E-state index >= 15 is 0 Å². The molecule has 0 radical (unpaired) electrons. The molecule has 1 saturated heterocycles. The van der Waals surface area contributed by atoms with Crippen molar-refractivity contribution in [2.45, 2.75) is 31.8 Å². The molecule has 2 rings (SSSR count). The Balaban J connectivity index is 2.14. The summed E-state index contributed by atoms with van der Waals surface area (Å²) in [6.45, 7) is 2.40. The predicted octanol–water partition coefficient (Wildman–Crippen LogP) is 2.15. The second-order valence-electron chi connectivity index (χ2n) is 4.81. The second kappa shape index (κ2) is 6.16. The molecule has 1 heterocycles. The lowest BCUT2D eigenvalue weighted by atomic mass is 10.0. The Bertz CT molecular complexity index is 397. The summed E-state index contributed by atoms with van der Waals surface area (Å²) in [4.78, 5) is 2.33. The van der Waals surface area contributed by atoms with Gasteiger partial charge in [-0.05, 0) is 37.6 Å². The van der Waals surface area contributed by atoms with Crippen LogP contribution in [0.5, 0.6) is 5.75 Å². The van der Waals surface area contributed by atoms with Gasteiger partial charge in [-0.25, -0.2) is 4.39 Å². The quantitative estimate of drug-likeness (QED) is 0.892. The second-order valence-corrected chi connectivity index (χ2v) is 4.81. The van der Waals surface area contributed by atoms with Crippen molar-refractivity contribution in [3.63, 3.8) is 0 Å². The van der Waals surface area contributed by atoms with E-state index in [9.17, 15) is 4.39 Å². The lowest BCUT2D eigenvalue weighted by molar-refractivity contribution is 0.143. The molecule has 0 saturated carbocycles. The first-order chi connectivity index (χ1) is 8.74. The first kappa shape index (κ1) is 13.3. The Kier molecular flexibility index (Phi) is 4.55. The molecular weight excluding hydrogens is 231 g/mol. The minimum atomic E-state index is -0.216. The number of ether oxygens (including phenoxy) is 1. The topological polar surface area (TPSA) is 38.5 Å². The maximum absolute atomic E-state index is 13.3. The fourth-order valence-electron chi connectivity index (χ4n) is 2.62. The van der Waals surface area contributed by atoms with E-state index in [2.05, 4.69) is 4.90 Å². The standard InChI is InChI=1S/C14H21FN2O/c1-18-14-6-5-12(15)8-11(14)10-17-7-3-2-4-13(17)9-16/h5-6,8,13H,2-4,7,9-10,16H2,1H3. The highest BCUT2D eigenvalue weighted by Gasteiger charge is 2.22. The highest BCUT2D eigenvalue weighted by molar-refractivity contribution is 5.33. The van der Waals surface area contributed by atoms with E-state index < -0.39 is 0 Å². The van der Waals surface area contributed by atoms with E-state index in [1.807, 2.05) is 0 Å². The van der Waals surface area contributed by atoms with Gasteiger partial charge >= 0.3 is 0 Å². The lowest BCUT2D eigenvalue weighted by Gasteiger charge is -2.35. The van der Waals surface area contributed by atoms with E-state index in [1.165, 1.54) is 18.9 Å². The summed E-state index contributed by atoms with van der Waals surface area (Å²) >= 11 is 0.